The lowest BCUT2D eigenvalue weighted by Crippen LogP contribution is -2.50. The van der Waals surface area contributed by atoms with E-state index < -0.39 is 5.82 Å². The van der Waals surface area contributed by atoms with Crippen LogP contribution in [0.4, 0.5) is 10.1 Å². The summed E-state index contributed by atoms with van der Waals surface area (Å²) >= 11 is 6.20. The van der Waals surface area contributed by atoms with Crippen LogP contribution < -0.4 is 5.32 Å². The zero-order chi connectivity index (χ0) is 21.8. The van der Waals surface area contributed by atoms with Gasteiger partial charge in [0.05, 0.1) is 11.6 Å². The maximum Gasteiger partial charge on any atom is 0.289 e. The van der Waals surface area contributed by atoms with Crippen molar-refractivity contribution in [2.75, 3.05) is 38.0 Å². The number of benzene rings is 2. The number of hydrogen-bond donors (Lipinski definition) is 1. The van der Waals surface area contributed by atoms with Crippen LogP contribution in [0.25, 0.3) is 11.3 Å². The van der Waals surface area contributed by atoms with E-state index in [-0.39, 0.29) is 24.1 Å². The fourth-order valence-electron chi connectivity index (χ4n) is 3.49. The lowest BCUT2D eigenvalue weighted by atomic mass is 10.2. The van der Waals surface area contributed by atoms with Crippen LogP contribution in [-0.2, 0) is 4.79 Å². The molecule has 2 aromatic carbocycles. The number of furan rings is 1. The Labute approximate surface area is 184 Å². The van der Waals surface area contributed by atoms with Crippen LogP contribution in [0.3, 0.4) is 0 Å². The van der Waals surface area contributed by atoms with E-state index in [0.717, 1.165) is 5.56 Å². The molecule has 1 saturated heterocycles. The molecule has 2 amide bonds. The van der Waals surface area contributed by atoms with Crippen LogP contribution in [0.2, 0.25) is 5.02 Å². The van der Waals surface area contributed by atoms with Gasteiger partial charge in [-0.05, 0) is 42.5 Å². The molecule has 2 heterocycles. The Bertz CT molecular complexity index is 1090. The lowest BCUT2D eigenvalue weighted by molar-refractivity contribution is -0.117. The van der Waals surface area contributed by atoms with Gasteiger partial charge in [0.1, 0.15) is 11.6 Å². The van der Waals surface area contributed by atoms with Crippen LogP contribution in [0.5, 0.6) is 0 Å². The van der Waals surface area contributed by atoms with Crippen LogP contribution in [0.15, 0.2) is 65.1 Å². The van der Waals surface area contributed by atoms with Gasteiger partial charge in [-0.3, -0.25) is 14.5 Å². The molecule has 6 nitrogen and oxygen atoms in total. The van der Waals surface area contributed by atoms with E-state index in [2.05, 4.69) is 5.32 Å². The minimum Gasteiger partial charge on any atom is -0.451 e. The van der Waals surface area contributed by atoms with E-state index in [1.54, 1.807) is 35.2 Å². The van der Waals surface area contributed by atoms with Crippen molar-refractivity contribution in [2.24, 2.45) is 0 Å². The highest BCUT2D eigenvalue weighted by molar-refractivity contribution is 6.33. The largest absolute Gasteiger partial charge is 0.451 e. The van der Waals surface area contributed by atoms with Crippen LogP contribution in [0.1, 0.15) is 10.6 Å². The molecule has 1 aliphatic rings. The Morgan fingerprint density at radius 2 is 1.77 bits per heavy atom. The highest BCUT2D eigenvalue weighted by atomic mass is 35.5. The first-order valence-electron chi connectivity index (χ1n) is 9.91. The van der Waals surface area contributed by atoms with Gasteiger partial charge in [-0.25, -0.2) is 4.39 Å². The van der Waals surface area contributed by atoms with Crippen LogP contribution in [-0.4, -0.2) is 54.3 Å². The summed E-state index contributed by atoms with van der Waals surface area (Å²) in [6, 6.07) is 16.5. The summed E-state index contributed by atoms with van der Waals surface area (Å²) in [4.78, 5) is 28.7. The summed E-state index contributed by atoms with van der Waals surface area (Å²) in [5.41, 5.74) is 1.16. The van der Waals surface area contributed by atoms with E-state index in [0.29, 0.717) is 42.6 Å². The second kappa shape index (κ2) is 9.32. The van der Waals surface area contributed by atoms with Gasteiger partial charge in [-0.1, -0.05) is 29.8 Å². The first-order chi connectivity index (χ1) is 15.0. The predicted molar refractivity (Wildman–Crippen MR) is 117 cm³/mol. The van der Waals surface area contributed by atoms with E-state index >= 15 is 0 Å². The number of piperazine rings is 1. The van der Waals surface area contributed by atoms with Crippen molar-refractivity contribution in [3.63, 3.8) is 0 Å². The third kappa shape index (κ3) is 5.13. The maximum absolute atomic E-state index is 13.2. The molecule has 0 radical (unpaired) electrons. The summed E-state index contributed by atoms with van der Waals surface area (Å²) in [6.45, 7) is 2.25. The highest BCUT2D eigenvalue weighted by Crippen LogP contribution is 2.29. The highest BCUT2D eigenvalue weighted by Gasteiger charge is 2.25. The Morgan fingerprint density at radius 1 is 1.00 bits per heavy atom. The van der Waals surface area contributed by atoms with E-state index in [4.69, 9.17) is 16.0 Å². The van der Waals surface area contributed by atoms with Gasteiger partial charge in [0, 0.05) is 37.4 Å². The number of halogens is 2. The third-order valence-corrected chi connectivity index (χ3v) is 5.42. The average Bonchev–Trinajstić information content (AvgIpc) is 3.24. The smallest absolute Gasteiger partial charge is 0.289 e. The number of nitrogens with zero attached hydrogens (tertiary/aromatic N) is 2. The molecule has 0 aliphatic carbocycles. The average molecular weight is 442 g/mol. The number of anilines is 1. The number of hydrogen-bond acceptors (Lipinski definition) is 4. The first kappa shape index (κ1) is 21.1. The molecule has 4 rings (SSSR count). The van der Waals surface area contributed by atoms with Crippen LogP contribution in [0, 0.1) is 5.82 Å². The second-order valence-electron chi connectivity index (χ2n) is 7.27. The molecule has 3 aromatic rings. The van der Waals surface area contributed by atoms with Crippen molar-refractivity contribution in [1.29, 1.82) is 0 Å². The van der Waals surface area contributed by atoms with E-state index in [1.807, 2.05) is 23.1 Å². The van der Waals surface area contributed by atoms with Gasteiger partial charge in [0.2, 0.25) is 5.91 Å². The van der Waals surface area contributed by atoms with Gasteiger partial charge in [-0.15, -0.1) is 0 Å². The number of carbonyl (C=O) groups is 2. The van der Waals surface area contributed by atoms with Crippen LogP contribution >= 0.6 is 11.6 Å². The monoisotopic (exact) mass is 441 g/mol. The molecule has 1 fully saturated rings. The standard InChI is InChI=1S/C23H21ClFN3O3/c24-19-7-2-1-6-18(19)20-8-9-21(31-20)23(30)28-12-10-27(11-13-28)15-22(29)26-17-5-3-4-16(25)14-17/h1-9,14H,10-13,15H2,(H,26,29). The second-order valence-corrected chi connectivity index (χ2v) is 7.68. The minimum atomic E-state index is -0.402. The molecular weight excluding hydrogens is 421 g/mol. The first-order valence-corrected chi connectivity index (χ1v) is 10.3. The summed E-state index contributed by atoms with van der Waals surface area (Å²) < 4.78 is 19.0. The van der Waals surface area contributed by atoms with E-state index in [1.165, 1.54) is 12.1 Å². The van der Waals surface area contributed by atoms with Gasteiger partial charge in [0.25, 0.3) is 5.91 Å². The Balaban J connectivity index is 1.30. The van der Waals surface area contributed by atoms with Crippen molar-refractivity contribution in [1.82, 2.24) is 9.80 Å². The number of amides is 2. The molecule has 31 heavy (non-hydrogen) atoms. The van der Waals surface area contributed by atoms with Crippen molar-refractivity contribution >= 4 is 29.1 Å². The molecule has 160 valence electrons. The number of carbonyl (C=O) groups excluding carboxylic acids is 2. The summed E-state index contributed by atoms with van der Waals surface area (Å²) in [7, 11) is 0. The topological polar surface area (TPSA) is 65.8 Å². The number of rotatable bonds is 5. The zero-order valence-corrected chi connectivity index (χ0v) is 17.4. The van der Waals surface area contributed by atoms with Crippen molar-refractivity contribution < 1.29 is 18.4 Å². The fraction of sp³-hybridized carbons (Fsp3) is 0.217. The SMILES string of the molecule is O=C(CN1CCN(C(=O)c2ccc(-c3ccccc3Cl)o2)CC1)Nc1cccc(F)c1. The quantitative estimate of drug-likeness (QED) is 0.646. The van der Waals surface area contributed by atoms with Gasteiger partial charge >= 0.3 is 0 Å². The Kier molecular flexibility index (Phi) is 6.34. The van der Waals surface area contributed by atoms with Crippen molar-refractivity contribution in [2.45, 2.75) is 0 Å². The number of nitrogens with one attached hydrogen (secondary N) is 1. The molecule has 1 N–H and O–H groups in total. The molecule has 0 bridgehead atoms. The summed E-state index contributed by atoms with van der Waals surface area (Å²) in [5, 5.41) is 3.24. The lowest BCUT2D eigenvalue weighted by Gasteiger charge is -2.33. The molecule has 1 aliphatic heterocycles. The third-order valence-electron chi connectivity index (χ3n) is 5.09. The molecule has 0 spiro atoms. The molecule has 1 aromatic heterocycles. The molecule has 0 unspecified atom stereocenters. The van der Waals surface area contributed by atoms with E-state index in [9.17, 15) is 14.0 Å². The van der Waals surface area contributed by atoms with Crippen molar-refractivity contribution in [3.8, 4) is 11.3 Å². The Hall–Kier alpha value is -3.16. The predicted octanol–water partition coefficient (Wildman–Crippen LogP) is 4.14. The fourth-order valence-corrected chi connectivity index (χ4v) is 3.72. The minimum absolute atomic E-state index is 0.177. The normalized spacial score (nSPS) is 14.5. The molecule has 8 heteroatoms. The zero-order valence-electron chi connectivity index (χ0n) is 16.7. The van der Waals surface area contributed by atoms with Gasteiger partial charge in [0.15, 0.2) is 5.76 Å². The maximum atomic E-state index is 13.2. The summed E-state index contributed by atoms with van der Waals surface area (Å²) in [5.74, 6) is -0.0164. The van der Waals surface area contributed by atoms with Gasteiger partial charge < -0.3 is 14.6 Å². The van der Waals surface area contributed by atoms with Gasteiger partial charge in [-0.2, -0.15) is 0 Å². The summed E-state index contributed by atoms with van der Waals surface area (Å²) in [6.07, 6.45) is 0. The van der Waals surface area contributed by atoms with Crippen molar-refractivity contribution in [3.05, 3.63) is 77.3 Å². The Morgan fingerprint density at radius 3 is 2.52 bits per heavy atom. The molecular formula is C23H21ClFN3O3. The molecule has 0 atom stereocenters. The molecule has 0 saturated carbocycles.